The Bertz CT molecular complexity index is 3530. The predicted octanol–water partition coefficient (Wildman–Crippen LogP) is 21.4. The number of aromatic nitrogens is 6. The number of nitrogens with zero attached hydrogens (tertiary/aromatic N) is 6. The van der Waals surface area contributed by atoms with Crippen molar-refractivity contribution in [2.75, 3.05) is 0 Å². The molecule has 0 aliphatic carbocycles. The van der Waals surface area contributed by atoms with Crippen molar-refractivity contribution in [1.82, 2.24) is 29.9 Å². The van der Waals surface area contributed by atoms with Gasteiger partial charge in [-0.3, -0.25) is 0 Å². The Morgan fingerprint density at radius 1 is 0.262 bits per heavy atom. The average molecular weight is 1110 g/mol. The second-order valence-corrected chi connectivity index (χ2v) is 25.2. The molecule has 0 unspecified atom stereocenters. The Hall–Kier alpha value is -8.22. The van der Waals surface area contributed by atoms with Gasteiger partial charge in [0.25, 0.3) is 0 Å². The first-order chi connectivity index (χ1) is 40.4. The Morgan fingerprint density at radius 2 is 0.571 bits per heavy atom. The molecule has 0 saturated heterocycles. The molecule has 0 aliphatic heterocycles. The highest BCUT2D eigenvalue weighted by molar-refractivity contribution is 5.81. The van der Waals surface area contributed by atoms with E-state index in [1.165, 1.54) is 103 Å². The molecule has 0 spiro atoms. The van der Waals surface area contributed by atoms with Crippen LogP contribution in [0.25, 0.3) is 90.6 Å². The minimum atomic E-state index is 0.0873. The van der Waals surface area contributed by atoms with Crippen LogP contribution in [0.4, 0.5) is 0 Å². The van der Waals surface area contributed by atoms with Crippen LogP contribution in [0.3, 0.4) is 0 Å². The molecule has 6 nitrogen and oxygen atoms in total. The zero-order valence-corrected chi connectivity index (χ0v) is 51.9. The molecule has 0 radical (unpaired) electrons. The number of aryl methyl sites for hydroxylation is 5. The molecule has 428 valence electrons. The van der Waals surface area contributed by atoms with E-state index in [-0.39, 0.29) is 10.8 Å². The smallest absolute Gasteiger partial charge is 0.164 e. The molecule has 0 amide bonds. The summed E-state index contributed by atoms with van der Waals surface area (Å²) in [4.78, 5) is 29.8. The summed E-state index contributed by atoms with van der Waals surface area (Å²) in [6, 6.07) is 66.9. The molecule has 0 bridgehead atoms. The van der Waals surface area contributed by atoms with Crippen molar-refractivity contribution < 1.29 is 0 Å². The van der Waals surface area contributed by atoms with Crippen LogP contribution in [-0.2, 0) is 17.3 Å². The maximum Gasteiger partial charge on any atom is 0.164 e. The molecule has 10 aromatic rings. The quantitative estimate of drug-likeness (QED) is 0.0751. The van der Waals surface area contributed by atoms with Crippen LogP contribution < -0.4 is 0 Å². The molecule has 0 saturated carbocycles. The summed E-state index contributed by atoms with van der Waals surface area (Å²) in [5.41, 5.74) is 19.5. The first-order valence-corrected chi connectivity index (χ1v) is 30.7. The van der Waals surface area contributed by atoms with Gasteiger partial charge in [-0.05, 0) is 121 Å². The van der Waals surface area contributed by atoms with Gasteiger partial charge in [-0.15, -0.1) is 0 Å². The number of hydrogen-bond acceptors (Lipinski definition) is 6. The van der Waals surface area contributed by atoms with Crippen molar-refractivity contribution in [1.29, 1.82) is 0 Å². The van der Waals surface area contributed by atoms with Crippen LogP contribution in [0.2, 0.25) is 0 Å². The van der Waals surface area contributed by atoms with Crippen LogP contribution in [0, 0.1) is 27.7 Å². The topological polar surface area (TPSA) is 77.3 Å². The maximum absolute atomic E-state index is 5.09. The predicted molar refractivity (Wildman–Crippen MR) is 355 cm³/mol. The van der Waals surface area contributed by atoms with Crippen LogP contribution in [0.15, 0.2) is 188 Å². The van der Waals surface area contributed by atoms with Gasteiger partial charge < -0.3 is 0 Å². The van der Waals surface area contributed by atoms with Crippen LogP contribution in [0.1, 0.15) is 152 Å². The van der Waals surface area contributed by atoms with Crippen molar-refractivity contribution in [2.45, 2.75) is 158 Å². The van der Waals surface area contributed by atoms with E-state index in [0.717, 1.165) is 67.9 Å². The molecule has 0 aliphatic rings. The van der Waals surface area contributed by atoms with Gasteiger partial charge in [0.15, 0.2) is 34.9 Å². The lowest BCUT2D eigenvalue weighted by molar-refractivity contribution is 0.556. The van der Waals surface area contributed by atoms with Crippen LogP contribution in [0.5, 0.6) is 0 Å². The normalized spacial score (nSPS) is 11.6. The van der Waals surface area contributed by atoms with Gasteiger partial charge in [0.2, 0.25) is 0 Å². The van der Waals surface area contributed by atoms with E-state index in [9.17, 15) is 0 Å². The van der Waals surface area contributed by atoms with Crippen molar-refractivity contribution >= 4 is 0 Å². The molecule has 84 heavy (non-hydrogen) atoms. The van der Waals surface area contributed by atoms with E-state index in [2.05, 4.69) is 264 Å². The summed E-state index contributed by atoms with van der Waals surface area (Å²) in [5.74, 6) is 4.13. The third-order valence-electron chi connectivity index (χ3n) is 15.8. The van der Waals surface area contributed by atoms with Gasteiger partial charge in [0.1, 0.15) is 0 Å². The van der Waals surface area contributed by atoms with Gasteiger partial charge in [-0.2, -0.15) is 0 Å². The Morgan fingerprint density at radius 3 is 0.929 bits per heavy atom. The van der Waals surface area contributed by atoms with Crippen molar-refractivity contribution in [3.63, 3.8) is 0 Å². The Kier molecular flexibility index (Phi) is 20.1. The van der Waals surface area contributed by atoms with Gasteiger partial charge in [0.05, 0.1) is 0 Å². The first-order valence-electron chi connectivity index (χ1n) is 30.7. The molecule has 6 heteroatoms. The standard InChI is InChI=1S/C43H43N3.C35H43N3/c1-28-9-13-32(14-10-28)39-44-40(33-15-11-29(2)12-16-33)46-41(45-39)36-26-34(30-17-21-37(22-18-30)42(3,4)5)25-35(27-36)31-19-23-38(24-20-31)43(6,7)8;1-4-5-6-7-8-9-10-11-12-13-18-29-21-23-30(24-22-29)33-36-34(31-19-14-16-27(2)25-31)38-35(37-33)32-20-15-17-28(3)26-32/h9-27H,1-8H3;14-17,19-26H,4-13,18H2,1-3H3. The van der Waals surface area contributed by atoms with Gasteiger partial charge in [0, 0.05) is 33.4 Å². The van der Waals surface area contributed by atoms with Crippen molar-refractivity contribution in [3.05, 3.63) is 227 Å². The minimum Gasteiger partial charge on any atom is -0.208 e. The molecule has 0 N–H and O–H groups in total. The van der Waals surface area contributed by atoms with E-state index >= 15 is 0 Å². The number of hydrogen-bond donors (Lipinski definition) is 0. The third-order valence-corrected chi connectivity index (χ3v) is 15.8. The fourth-order valence-electron chi connectivity index (χ4n) is 10.6. The van der Waals surface area contributed by atoms with Crippen LogP contribution >= 0.6 is 0 Å². The molecular weight excluding hydrogens is 1020 g/mol. The first kappa shape index (κ1) is 60.4. The molecule has 8 aromatic carbocycles. The van der Waals surface area contributed by atoms with E-state index in [0.29, 0.717) is 29.1 Å². The van der Waals surface area contributed by atoms with Gasteiger partial charge in [-0.1, -0.05) is 286 Å². The summed E-state index contributed by atoms with van der Waals surface area (Å²) in [5, 5.41) is 0. The van der Waals surface area contributed by atoms with Crippen LogP contribution in [-0.4, -0.2) is 29.9 Å². The number of benzene rings is 8. The fourth-order valence-corrected chi connectivity index (χ4v) is 10.6. The largest absolute Gasteiger partial charge is 0.208 e. The molecule has 0 fully saturated rings. The zero-order chi connectivity index (χ0) is 59.2. The molecule has 2 heterocycles. The van der Waals surface area contributed by atoms with Crippen molar-refractivity contribution in [3.8, 4) is 90.6 Å². The Balaban J connectivity index is 0.000000205. The lowest BCUT2D eigenvalue weighted by Gasteiger charge is -2.20. The monoisotopic (exact) mass is 1110 g/mol. The molecular formula is C78H86N6. The van der Waals surface area contributed by atoms with E-state index in [4.69, 9.17) is 29.9 Å². The highest BCUT2D eigenvalue weighted by atomic mass is 15.0. The summed E-state index contributed by atoms with van der Waals surface area (Å²) < 4.78 is 0. The SMILES string of the molecule is CCCCCCCCCCCCc1ccc(-c2nc(-c3cccc(C)c3)nc(-c3cccc(C)c3)n2)cc1.Cc1ccc(-c2nc(-c3ccc(C)cc3)nc(-c3cc(-c4ccc(C(C)(C)C)cc4)cc(-c4ccc(C(C)(C)C)cc4)c3)n2)cc1. The lowest BCUT2D eigenvalue weighted by Crippen LogP contribution is -2.10. The van der Waals surface area contributed by atoms with E-state index < -0.39 is 0 Å². The summed E-state index contributed by atoms with van der Waals surface area (Å²) in [6.07, 6.45) is 14.8. The maximum atomic E-state index is 5.09. The van der Waals surface area contributed by atoms with Crippen molar-refractivity contribution in [2.24, 2.45) is 0 Å². The Labute approximate surface area is 502 Å². The molecule has 0 atom stereocenters. The highest BCUT2D eigenvalue weighted by Gasteiger charge is 2.19. The highest BCUT2D eigenvalue weighted by Crippen LogP contribution is 2.36. The van der Waals surface area contributed by atoms with E-state index in [1.54, 1.807) is 0 Å². The third kappa shape index (κ3) is 16.5. The molecule has 2 aromatic heterocycles. The fraction of sp³-hybridized carbons (Fsp3) is 0.308. The average Bonchev–Trinajstić information content (AvgIpc) is 3.36. The number of unbranched alkanes of at least 4 members (excludes halogenated alkanes) is 9. The number of rotatable bonds is 19. The summed E-state index contributed by atoms with van der Waals surface area (Å²) in [7, 11) is 0. The minimum absolute atomic E-state index is 0.0873. The van der Waals surface area contributed by atoms with Gasteiger partial charge >= 0.3 is 0 Å². The molecule has 10 rings (SSSR count). The van der Waals surface area contributed by atoms with Gasteiger partial charge in [-0.25, -0.2) is 29.9 Å². The van der Waals surface area contributed by atoms with E-state index in [1.807, 2.05) is 0 Å². The summed E-state index contributed by atoms with van der Waals surface area (Å²) >= 11 is 0. The second kappa shape index (κ2) is 27.9. The second-order valence-electron chi connectivity index (χ2n) is 25.2. The summed E-state index contributed by atoms with van der Waals surface area (Å²) in [6.45, 7) is 24.2. The lowest BCUT2D eigenvalue weighted by atomic mass is 9.85. The zero-order valence-electron chi connectivity index (χ0n) is 51.9.